The monoisotopic (exact) mass is 261 g/mol. The lowest BCUT2D eigenvalue weighted by molar-refractivity contribution is 0.277. The molecule has 0 amide bonds. The molecule has 0 bridgehead atoms. The predicted molar refractivity (Wildman–Crippen MR) is 69.1 cm³/mol. The molecule has 1 saturated carbocycles. The molecule has 0 spiro atoms. The quantitative estimate of drug-likeness (QED) is 0.899. The number of halogens is 1. The second kappa shape index (κ2) is 5.01. The number of aromatic nitrogens is 2. The van der Waals surface area contributed by atoms with Crippen LogP contribution in [0, 0.1) is 5.82 Å². The largest absolute Gasteiger partial charge is 0.484 e. The smallest absolute Gasteiger partial charge is 0.165 e. The molecular formula is C14H16FN3O. The number of nitrogens with two attached hydrogens (primary N) is 1. The lowest BCUT2D eigenvalue weighted by Crippen LogP contribution is -2.07. The van der Waals surface area contributed by atoms with Crippen molar-refractivity contribution in [3.05, 3.63) is 47.8 Å². The lowest BCUT2D eigenvalue weighted by Gasteiger charge is -2.12. The van der Waals surface area contributed by atoms with E-state index in [1.807, 2.05) is 6.33 Å². The maximum atomic E-state index is 13.7. The topological polar surface area (TPSA) is 53.1 Å². The molecule has 4 nitrogen and oxygen atoms in total. The van der Waals surface area contributed by atoms with E-state index < -0.39 is 0 Å². The first-order valence-electron chi connectivity index (χ1n) is 6.40. The van der Waals surface area contributed by atoms with Crippen molar-refractivity contribution in [2.75, 3.05) is 0 Å². The van der Waals surface area contributed by atoms with E-state index in [1.165, 1.54) is 18.9 Å². The van der Waals surface area contributed by atoms with E-state index in [2.05, 4.69) is 9.55 Å². The van der Waals surface area contributed by atoms with Crippen LogP contribution in [-0.4, -0.2) is 9.55 Å². The second-order valence-corrected chi connectivity index (χ2v) is 4.74. The third-order valence-electron chi connectivity index (χ3n) is 3.32. The molecule has 0 unspecified atom stereocenters. The Labute approximate surface area is 111 Å². The number of para-hydroxylation sites is 1. The lowest BCUT2D eigenvalue weighted by atomic mass is 10.2. The van der Waals surface area contributed by atoms with Crippen molar-refractivity contribution < 1.29 is 9.13 Å². The third kappa shape index (κ3) is 2.46. The summed E-state index contributed by atoms with van der Waals surface area (Å²) in [6, 6.07) is 5.33. The highest BCUT2D eigenvalue weighted by molar-refractivity contribution is 5.34. The van der Waals surface area contributed by atoms with Gasteiger partial charge in [0.25, 0.3) is 0 Å². The number of rotatable bonds is 5. The summed E-state index contributed by atoms with van der Waals surface area (Å²) in [7, 11) is 0. The van der Waals surface area contributed by atoms with Gasteiger partial charge >= 0.3 is 0 Å². The van der Waals surface area contributed by atoms with Gasteiger partial charge in [-0.2, -0.15) is 0 Å². The molecule has 0 saturated heterocycles. The van der Waals surface area contributed by atoms with Crippen LogP contribution in [0.15, 0.2) is 30.7 Å². The van der Waals surface area contributed by atoms with Gasteiger partial charge in [-0.25, -0.2) is 9.37 Å². The average molecular weight is 261 g/mol. The number of nitrogens with zero attached hydrogens (tertiary/aromatic N) is 2. The summed E-state index contributed by atoms with van der Waals surface area (Å²) in [6.45, 7) is 0.569. The van der Waals surface area contributed by atoms with Crippen LogP contribution in [0.4, 0.5) is 4.39 Å². The minimum atomic E-state index is -0.375. The minimum Gasteiger partial charge on any atom is -0.484 e. The van der Waals surface area contributed by atoms with Gasteiger partial charge in [0.15, 0.2) is 11.6 Å². The molecule has 0 radical (unpaired) electrons. The van der Waals surface area contributed by atoms with E-state index in [4.69, 9.17) is 10.5 Å². The van der Waals surface area contributed by atoms with Crippen LogP contribution in [0.25, 0.3) is 0 Å². The van der Waals surface area contributed by atoms with Crippen molar-refractivity contribution >= 4 is 0 Å². The highest BCUT2D eigenvalue weighted by Gasteiger charge is 2.25. The molecule has 3 rings (SSSR count). The Hall–Kier alpha value is -1.88. The minimum absolute atomic E-state index is 0.244. The van der Waals surface area contributed by atoms with E-state index >= 15 is 0 Å². The van der Waals surface area contributed by atoms with E-state index in [1.54, 1.807) is 18.3 Å². The van der Waals surface area contributed by atoms with Gasteiger partial charge in [-0.05, 0) is 18.9 Å². The molecule has 2 aromatic rings. The fourth-order valence-electron chi connectivity index (χ4n) is 2.15. The predicted octanol–water partition coefficient (Wildman–Crippen LogP) is 2.39. The summed E-state index contributed by atoms with van der Waals surface area (Å²) in [4.78, 5) is 4.13. The van der Waals surface area contributed by atoms with Gasteiger partial charge in [0, 0.05) is 18.2 Å². The Morgan fingerprint density at radius 2 is 2.26 bits per heavy atom. The zero-order chi connectivity index (χ0) is 13.2. The molecule has 2 N–H and O–H groups in total. The number of hydrogen-bond acceptors (Lipinski definition) is 3. The number of imidazole rings is 1. The van der Waals surface area contributed by atoms with E-state index in [0.29, 0.717) is 18.2 Å². The number of hydrogen-bond donors (Lipinski definition) is 1. The molecule has 1 aromatic carbocycles. The molecule has 0 aliphatic heterocycles. The van der Waals surface area contributed by atoms with E-state index in [9.17, 15) is 4.39 Å². The van der Waals surface area contributed by atoms with Crippen molar-refractivity contribution in [1.29, 1.82) is 0 Å². The first-order valence-corrected chi connectivity index (χ1v) is 6.40. The highest BCUT2D eigenvalue weighted by atomic mass is 19.1. The standard InChI is InChI=1S/C14H16FN3O/c15-13-3-1-2-10(6-16)14(13)19-8-12-7-17-9-18(12)11-4-5-11/h1-3,7,9,11H,4-6,8,16H2. The second-order valence-electron chi connectivity index (χ2n) is 4.74. The van der Waals surface area contributed by atoms with Crippen LogP contribution in [0.2, 0.25) is 0 Å². The summed E-state index contributed by atoms with van der Waals surface area (Å²) in [5, 5.41) is 0. The summed E-state index contributed by atoms with van der Waals surface area (Å²) in [6.07, 6.45) is 5.93. The van der Waals surface area contributed by atoms with Crippen LogP contribution in [-0.2, 0) is 13.2 Å². The first-order chi connectivity index (χ1) is 9.29. The summed E-state index contributed by atoms with van der Waals surface area (Å²) >= 11 is 0. The highest BCUT2D eigenvalue weighted by Crippen LogP contribution is 2.36. The van der Waals surface area contributed by atoms with Crippen molar-refractivity contribution in [2.45, 2.75) is 32.0 Å². The van der Waals surface area contributed by atoms with Crippen molar-refractivity contribution in [1.82, 2.24) is 9.55 Å². The summed E-state index contributed by atoms with van der Waals surface area (Å²) < 4.78 is 21.4. The molecule has 5 heteroatoms. The van der Waals surface area contributed by atoms with Gasteiger partial charge in [0.05, 0.1) is 18.2 Å². The van der Waals surface area contributed by atoms with Crippen molar-refractivity contribution in [3.63, 3.8) is 0 Å². The Balaban J connectivity index is 1.77. The van der Waals surface area contributed by atoms with Crippen LogP contribution in [0.1, 0.15) is 30.1 Å². The number of ether oxygens (including phenoxy) is 1. The van der Waals surface area contributed by atoms with Gasteiger partial charge in [0.2, 0.25) is 0 Å². The Bertz CT molecular complexity index is 578. The van der Waals surface area contributed by atoms with E-state index in [0.717, 1.165) is 5.69 Å². The molecule has 100 valence electrons. The van der Waals surface area contributed by atoms with Gasteiger partial charge in [-0.1, -0.05) is 12.1 Å². The van der Waals surface area contributed by atoms with Gasteiger partial charge in [-0.3, -0.25) is 0 Å². The SMILES string of the molecule is NCc1cccc(F)c1OCc1cncn1C1CC1. The van der Waals surface area contributed by atoms with E-state index in [-0.39, 0.29) is 18.1 Å². The molecule has 0 atom stereocenters. The van der Waals surface area contributed by atoms with Gasteiger partial charge < -0.3 is 15.0 Å². The maximum absolute atomic E-state index is 13.7. The fraction of sp³-hybridized carbons (Fsp3) is 0.357. The molecule has 1 heterocycles. The van der Waals surface area contributed by atoms with Gasteiger partial charge in [-0.15, -0.1) is 0 Å². The average Bonchev–Trinajstić information content (AvgIpc) is 3.16. The maximum Gasteiger partial charge on any atom is 0.165 e. The summed E-state index contributed by atoms with van der Waals surface area (Å²) in [5.74, 6) is -0.131. The van der Waals surface area contributed by atoms with Gasteiger partial charge in [0.1, 0.15) is 6.61 Å². The third-order valence-corrected chi connectivity index (χ3v) is 3.32. The van der Waals surface area contributed by atoms with Crippen molar-refractivity contribution in [3.8, 4) is 5.75 Å². The molecular weight excluding hydrogens is 245 g/mol. The van der Waals surface area contributed by atoms with Crippen LogP contribution >= 0.6 is 0 Å². The number of benzene rings is 1. The van der Waals surface area contributed by atoms with Crippen LogP contribution in [0.5, 0.6) is 5.75 Å². The van der Waals surface area contributed by atoms with Crippen LogP contribution < -0.4 is 10.5 Å². The Morgan fingerprint density at radius 1 is 1.42 bits per heavy atom. The normalized spacial score (nSPS) is 14.6. The molecule has 1 fully saturated rings. The fourth-order valence-corrected chi connectivity index (χ4v) is 2.15. The zero-order valence-electron chi connectivity index (χ0n) is 10.6. The molecule has 1 aromatic heterocycles. The molecule has 1 aliphatic carbocycles. The Kier molecular flexibility index (Phi) is 3.21. The van der Waals surface area contributed by atoms with Crippen LogP contribution in [0.3, 0.4) is 0 Å². The van der Waals surface area contributed by atoms with Crippen molar-refractivity contribution in [2.24, 2.45) is 5.73 Å². The summed E-state index contributed by atoms with van der Waals surface area (Å²) in [5.41, 5.74) is 7.24. The molecule has 19 heavy (non-hydrogen) atoms. The zero-order valence-corrected chi connectivity index (χ0v) is 10.6. The first kappa shape index (κ1) is 12.2. The molecule has 1 aliphatic rings. The Morgan fingerprint density at radius 3 is 3.00 bits per heavy atom.